The second-order valence-electron chi connectivity index (χ2n) is 7.84. The Labute approximate surface area is 178 Å². The number of amides is 1. The molecule has 0 bridgehead atoms. The molecule has 2 aromatic carbocycles. The maximum absolute atomic E-state index is 13.7. The molecule has 0 fully saturated rings. The molecule has 8 heteroatoms. The average Bonchev–Trinajstić information content (AvgIpc) is 3.11. The van der Waals surface area contributed by atoms with Gasteiger partial charge in [0.15, 0.2) is 11.0 Å². The van der Waals surface area contributed by atoms with Crippen LogP contribution in [0.5, 0.6) is 0 Å². The van der Waals surface area contributed by atoms with Crippen LogP contribution in [0.25, 0.3) is 11.4 Å². The van der Waals surface area contributed by atoms with Crippen molar-refractivity contribution in [2.75, 3.05) is 11.1 Å². The minimum atomic E-state index is -0.688. The summed E-state index contributed by atoms with van der Waals surface area (Å²) in [5, 5.41) is 11.5. The van der Waals surface area contributed by atoms with Crippen LogP contribution >= 0.6 is 11.8 Å². The van der Waals surface area contributed by atoms with Gasteiger partial charge in [-0.25, -0.2) is 8.78 Å². The van der Waals surface area contributed by atoms with Gasteiger partial charge in [0.1, 0.15) is 11.6 Å². The lowest BCUT2D eigenvalue weighted by Crippen LogP contribution is -2.15. The molecular formula is C22H24F2N4OS. The number of halogens is 2. The molecule has 3 aromatic rings. The number of thioether (sulfide) groups is 1. The van der Waals surface area contributed by atoms with Gasteiger partial charge in [-0.3, -0.25) is 4.79 Å². The van der Waals surface area contributed by atoms with Gasteiger partial charge in [-0.15, -0.1) is 10.2 Å². The van der Waals surface area contributed by atoms with Crippen molar-refractivity contribution in [1.82, 2.24) is 14.8 Å². The Bertz CT molecular complexity index is 1040. The number of rotatable bonds is 6. The maximum Gasteiger partial charge on any atom is 0.234 e. The standard InChI is InChI=1S/C22H24F2N4OS/c1-5-28-20(14-6-8-15(9-7-14)22(2,3)4)26-27-21(28)30-13-19(29)25-18-12-16(23)10-11-17(18)24/h6-12H,5,13H2,1-4H3,(H,25,29). The monoisotopic (exact) mass is 430 g/mol. The van der Waals surface area contributed by atoms with E-state index in [-0.39, 0.29) is 16.9 Å². The van der Waals surface area contributed by atoms with Gasteiger partial charge in [-0.05, 0) is 30.0 Å². The van der Waals surface area contributed by atoms with Gasteiger partial charge in [0.2, 0.25) is 5.91 Å². The van der Waals surface area contributed by atoms with E-state index in [1.165, 1.54) is 17.3 Å². The number of hydrogen-bond donors (Lipinski definition) is 1. The van der Waals surface area contributed by atoms with Crippen molar-refractivity contribution in [2.24, 2.45) is 0 Å². The molecule has 0 aliphatic carbocycles. The summed E-state index contributed by atoms with van der Waals surface area (Å²) >= 11 is 1.19. The van der Waals surface area contributed by atoms with Crippen LogP contribution in [0.15, 0.2) is 47.6 Å². The Balaban J connectivity index is 1.71. The van der Waals surface area contributed by atoms with Crippen LogP contribution in [0.2, 0.25) is 0 Å². The molecule has 5 nitrogen and oxygen atoms in total. The number of aromatic nitrogens is 3. The van der Waals surface area contributed by atoms with Gasteiger partial charge in [0.05, 0.1) is 11.4 Å². The largest absolute Gasteiger partial charge is 0.323 e. The van der Waals surface area contributed by atoms with Gasteiger partial charge < -0.3 is 9.88 Å². The van der Waals surface area contributed by atoms with Crippen LogP contribution < -0.4 is 5.32 Å². The van der Waals surface area contributed by atoms with Crippen LogP contribution in [0.1, 0.15) is 33.3 Å². The third kappa shape index (κ3) is 5.05. The zero-order chi connectivity index (χ0) is 21.9. The average molecular weight is 431 g/mol. The number of anilines is 1. The molecule has 0 saturated carbocycles. The number of nitrogens with one attached hydrogen (secondary N) is 1. The fourth-order valence-corrected chi connectivity index (χ4v) is 3.73. The molecule has 0 aliphatic rings. The highest BCUT2D eigenvalue weighted by Crippen LogP contribution is 2.28. The molecule has 0 atom stereocenters. The molecule has 0 spiro atoms. The van der Waals surface area contributed by atoms with Crippen molar-refractivity contribution in [3.63, 3.8) is 0 Å². The topological polar surface area (TPSA) is 59.8 Å². The second-order valence-corrected chi connectivity index (χ2v) is 8.78. The number of nitrogens with zero attached hydrogens (tertiary/aromatic N) is 3. The molecule has 1 heterocycles. The van der Waals surface area contributed by atoms with Crippen LogP contribution in [0.3, 0.4) is 0 Å². The highest BCUT2D eigenvalue weighted by atomic mass is 32.2. The Hall–Kier alpha value is -2.74. The maximum atomic E-state index is 13.7. The van der Waals surface area contributed by atoms with E-state index in [9.17, 15) is 13.6 Å². The minimum Gasteiger partial charge on any atom is -0.323 e. The highest BCUT2D eigenvalue weighted by molar-refractivity contribution is 7.99. The lowest BCUT2D eigenvalue weighted by molar-refractivity contribution is -0.113. The summed E-state index contributed by atoms with van der Waals surface area (Å²) in [5.74, 6) is -1.04. The number of hydrogen-bond acceptors (Lipinski definition) is 4. The van der Waals surface area contributed by atoms with Gasteiger partial charge in [0.25, 0.3) is 0 Å². The lowest BCUT2D eigenvalue weighted by atomic mass is 9.87. The molecule has 158 valence electrons. The SMILES string of the molecule is CCn1c(SCC(=O)Nc2cc(F)ccc2F)nnc1-c1ccc(C(C)(C)C)cc1. The van der Waals surface area contributed by atoms with Crippen molar-refractivity contribution < 1.29 is 13.6 Å². The molecule has 0 saturated heterocycles. The lowest BCUT2D eigenvalue weighted by Gasteiger charge is -2.19. The summed E-state index contributed by atoms with van der Waals surface area (Å²) in [6.07, 6.45) is 0. The predicted molar refractivity (Wildman–Crippen MR) is 116 cm³/mol. The molecule has 30 heavy (non-hydrogen) atoms. The molecule has 3 rings (SSSR count). The predicted octanol–water partition coefficient (Wildman–Crippen LogP) is 5.27. The van der Waals surface area contributed by atoms with Crippen molar-refractivity contribution in [1.29, 1.82) is 0 Å². The number of carbonyl (C=O) groups excluding carboxylic acids is 1. The molecule has 1 aromatic heterocycles. The van der Waals surface area contributed by atoms with Crippen molar-refractivity contribution in [2.45, 2.75) is 44.8 Å². The minimum absolute atomic E-state index is 0.00293. The van der Waals surface area contributed by atoms with Crippen molar-refractivity contribution >= 4 is 23.4 Å². The number of benzene rings is 2. The summed E-state index contributed by atoms with van der Waals surface area (Å²) in [4.78, 5) is 12.2. The van der Waals surface area contributed by atoms with E-state index in [1.807, 2.05) is 23.6 Å². The summed E-state index contributed by atoms with van der Waals surface area (Å²) < 4.78 is 28.9. The van der Waals surface area contributed by atoms with E-state index in [0.717, 1.165) is 29.6 Å². The third-order valence-electron chi connectivity index (χ3n) is 4.58. The summed E-state index contributed by atoms with van der Waals surface area (Å²) in [6.45, 7) is 9.08. The van der Waals surface area contributed by atoms with Crippen LogP contribution in [0.4, 0.5) is 14.5 Å². The molecule has 1 amide bonds. The van der Waals surface area contributed by atoms with E-state index < -0.39 is 17.5 Å². The Morgan fingerprint density at radius 3 is 2.43 bits per heavy atom. The molecule has 0 aliphatic heterocycles. The first kappa shape index (κ1) is 22.0. The Kier molecular flexibility index (Phi) is 6.55. The zero-order valence-corrected chi connectivity index (χ0v) is 18.2. The summed E-state index contributed by atoms with van der Waals surface area (Å²) in [6, 6.07) is 11.1. The highest BCUT2D eigenvalue weighted by Gasteiger charge is 2.17. The quantitative estimate of drug-likeness (QED) is 0.541. The van der Waals surface area contributed by atoms with Gasteiger partial charge in [0, 0.05) is 18.2 Å². The zero-order valence-electron chi connectivity index (χ0n) is 17.4. The number of carbonyl (C=O) groups is 1. The molecule has 0 radical (unpaired) electrons. The van der Waals surface area contributed by atoms with Crippen LogP contribution in [-0.2, 0) is 16.8 Å². The van der Waals surface area contributed by atoms with E-state index >= 15 is 0 Å². The Morgan fingerprint density at radius 1 is 1.10 bits per heavy atom. The fraction of sp³-hybridized carbons (Fsp3) is 0.318. The van der Waals surface area contributed by atoms with E-state index in [2.05, 4.69) is 48.4 Å². The van der Waals surface area contributed by atoms with E-state index in [1.54, 1.807) is 0 Å². The van der Waals surface area contributed by atoms with Gasteiger partial charge >= 0.3 is 0 Å². The van der Waals surface area contributed by atoms with E-state index in [4.69, 9.17) is 0 Å². The first-order valence-electron chi connectivity index (χ1n) is 9.61. The first-order valence-corrected chi connectivity index (χ1v) is 10.6. The molecule has 0 unspecified atom stereocenters. The smallest absolute Gasteiger partial charge is 0.234 e. The van der Waals surface area contributed by atoms with Crippen LogP contribution in [-0.4, -0.2) is 26.4 Å². The Morgan fingerprint density at radius 2 is 1.80 bits per heavy atom. The normalized spacial score (nSPS) is 11.5. The fourth-order valence-electron chi connectivity index (χ4n) is 2.92. The van der Waals surface area contributed by atoms with Crippen molar-refractivity contribution in [3.8, 4) is 11.4 Å². The third-order valence-corrected chi connectivity index (χ3v) is 5.54. The van der Waals surface area contributed by atoms with Gasteiger partial charge in [-0.1, -0.05) is 56.8 Å². The molecular weight excluding hydrogens is 406 g/mol. The molecule has 1 N–H and O–H groups in total. The summed E-state index contributed by atoms with van der Waals surface area (Å²) in [5.41, 5.74) is 2.05. The second kappa shape index (κ2) is 8.95. The summed E-state index contributed by atoms with van der Waals surface area (Å²) in [7, 11) is 0. The van der Waals surface area contributed by atoms with Crippen LogP contribution in [0, 0.1) is 11.6 Å². The van der Waals surface area contributed by atoms with Gasteiger partial charge in [-0.2, -0.15) is 0 Å². The first-order chi connectivity index (χ1) is 14.2. The van der Waals surface area contributed by atoms with E-state index in [0.29, 0.717) is 11.7 Å². The van der Waals surface area contributed by atoms with Crippen molar-refractivity contribution in [3.05, 3.63) is 59.7 Å².